The maximum absolute atomic E-state index is 11.7. The number of hydrogen-bond acceptors (Lipinski definition) is 19. The number of hydrazone groups is 1. The molecule has 59 heavy (non-hydrogen) atoms. The fourth-order valence-electron chi connectivity index (χ4n) is 4.98. The second kappa shape index (κ2) is 20.2. The Morgan fingerprint density at radius 2 is 1.54 bits per heavy atom. The second-order valence-corrected chi connectivity index (χ2v) is 14.8. The van der Waals surface area contributed by atoms with Gasteiger partial charge in [0.25, 0.3) is 5.91 Å². The molecular weight excluding hydrogens is 855 g/mol. The van der Waals surface area contributed by atoms with E-state index in [1.54, 1.807) is 25.1 Å². The van der Waals surface area contributed by atoms with Crippen molar-refractivity contribution in [3.8, 4) is 11.5 Å². The molecule has 16 N–H and O–H groups in total. The van der Waals surface area contributed by atoms with Gasteiger partial charge in [-0.15, -0.1) is 5.11 Å². The van der Waals surface area contributed by atoms with Crippen molar-refractivity contribution < 1.29 is 56.4 Å². The van der Waals surface area contributed by atoms with Crippen molar-refractivity contribution >= 4 is 114 Å². The first-order valence-electron chi connectivity index (χ1n) is 16.1. The Bertz CT molecular complexity index is 2510. The van der Waals surface area contributed by atoms with Gasteiger partial charge in [0.2, 0.25) is 0 Å². The number of carbonyl (C=O) groups is 2. The smallest absolute Gasteiger partial charge is 0.337 e. The van der Waals surface area contributed by atoms with Gasteiger partial charge in [0.05, 0.1) is 71.8 Å². The highest BCUT2D eigenvalue weighted by Gasteiger charge is 2.31. The lowest BCUT2D eigenvalue weighted by Gasteiger charge is -2.13. The lowest BCUT2D eigenvalue weighted by atomic mass is 10.1. The number of fused-ring (bicyclic) bond motifs is 1. The van der Waals surface area contributed by atoms with E-state index < -0.39 is 45.7 Å². The number of phenolic OH excluding ortho intramolecular Hbond substituents is 2. The Labute approximate surface area is 347 Å². The van der Waals surface area contributed by atoms with Crippen molar-refractivity contribution in [2.75, 3.05) is 34.8 Å². The highest BCUT2D eigenvalue weighted by Crippen LogP contribution is 2.49. The van der Waals surface area contributed by atoms with Crippen LogP contribution in [0.15, 0.2) is 108 Å². The number of carboxylic acid groups (broad SMARTS) is 1. The molecule has 21 nitrogen and oxygen atoms in total. The first kappa shape index (κ1) is 45.8. The van der Waals surface area contributed by atoms with E-state index in [4.69, 9.17) is 36.9 Å². The van der Waals surface area contributed by atoms with Gasteiger partial charge in [-0.1, -0.05) is 0 Å². The number of aromatic carboxylic acids is 1. The lowest BCUT2D eigenvalue weighted by molar-refractivity contribution is -0.117. The van der Waals surface area contributed by atoms with Crippen LogP contribution in [0.1, 0.15) is 17.3 Å². The quantitative estimate of drug-likeness (QED) is 0.0197. The number of hydrogen-bond donors (Lipinski definition) is 12. The topological polar surface area (TPSA) is 376 Å². The van der Waals surface area contributed by atoms with Crippen LogP contribution >= 0.6 is 24.1 Å². The molecule has 0 radical (unpaired) electrons. The van der Waals surface area contributed by atoms with E-state index in [0.29, 0.717) is 34.5 Å². The van der Waals surface area contributed by atoms with Crippen molar-refractivity contribution in [1.29, 1.82) is 0 Å². The Kier molecular flexibility index (Phi) is 15.7. The van der Waals surface area contributed by atoms with Crippen molar-refractivity contribution in [3.05, 3.63) is 78.4 Å². The summed E-state index contributed by atoms with van der Waals surface area (Å²) in [5, 5.41) is 43.7. The molecule has 1 amide bonds. The summed E-state index contributed by atoms with van der Waals surface area (Å²) >= 11 is -3.47. The van der Waals surface area contributed by atoms with Gasteiger partial charge in [-0.3, -0.25) is 15.1 Å². The van der Waals surface area contributed by atoms with E-state index in [0.717, 1.165) is 0 Å². The molecule has 5 aromatic carbocycles. The molecule has 3 atom stereocenters. The maximum Gasteiger partial charge on any atom is 0.337 e. The summed E-state index contributed by atoms with van der Waals surface area (Å²) in [6, 6.07) is 16.7. The van der Waals surface area contributed by atoms with Gasteiger partial charge in [-0.2, -0.15) is 15.2 Å². The number of rotatable bonds is 10. The number of nitrogens with two attached hydrogens (primary N) is 4. The van der Waals surface area contributed by atoms with Gasteiger partial charge in [0, 0.05) is 29.8 Å². The van der Waals surface area contributed by atoms with Crippen LogP contribution in [0.4, 0.5) is 39.8 Å². The van der Waals surface area contributed by atoms with Crippen molar-refractivity contribution in [1.82, 2.24) is 0 Å². The van der Waals surface area contributed by atoms with Gasteiger partial charge in [0.1, 0.15) is 11.7 Å². The average molecular weight is 890 g/mol. The number of phenols is 2. The summed E-state index contributed by atoms with van der Waals surface area (Å²) in [4.78, 5) is 28.6. The monoisotopic (exact) mass is 889 g/mol. The zero-order valence-electron chi connectivity index (χ0n) is 30.4. The van der Waals surface area contributed by atoms with Crippen molar-refractivity contribution in [2.45, 2.75) is 32.5 Å². The van der Waals surface area contributed by atoms with Crippen LogP contribution in [0.3, 0.4) is 0 Å². The Morgan fingerprint density at radius 1 is 0.898 bits per heavy atom. The molecule has 25 heteroatoms. The summed E-state index contributed by atoms with van der Waals surface area (Å²) in [6.07, 6.45) is 0. The minimum absolute atomic E-state index is 0.0482. The molecule has 1 aliphatic rings. The summed E-state index contributed by atoms with van der Waals surface area (Å²) in [7, 11) is 1.33. The zero-order valence-corrected chi connectivity index (χ0v) is 33.7. The van der Waals surface area contributed by atoms with Crippen LogP contribution in [0.5, 0.6) is 11.5 Å². The molecule has 5 aromatic rings. The predicted octanol–water partition coefficient (Wildman–Crippen LogP) is 5.80. The number of aromatic hydroxyl groups is 2. The van der Waals surface area contributed by atoms with Crippen LogP contribution < -0.4 is 33.4 Å². The lowest BCUT2D eigenvalue weighted by Crippen LogP contribution is -2.38. The molecule has 312 valence electrons. The van der Waals surface area contributed by atoms with Gasteiger partial charge in [0.15, 0.2) is 33.7 Å². The normalized spacial score (nSPS) is 14.6. The van der Waals surface area contributed by atoms with Crippen molar-refractivity contribution in [3.63, 3.8) is 0 Å². The number of nitrogens with one attached hydrogen (secondary N) is 1. The largest absolute Gasteiger partial charge is 0.505 e. The number of azo groups is 1. The third kappa shape index (κ3) is 10.8. The number of amides is 1. The fraction of sp³-hybridized carbons (Fsp3) is 0.0882. The third-order valence-corrected chi connectivity index (χ3v) is 10.4. The van der Waals surface area contributed by atoms with Gasteiger partial charge >= 0.3 is 5.97 Å². The minimum Gasteiger partial charge on any atom is -0.505 e. The molecule has 0 fully saturated rings. The molecule has 0 spiro atoms. The van der Waals surface area contributed by atoms with Crippen LogP contribution in [0.25, 0.3) is 10.8 Å². The predicted molar refractivity (Wildman–Crippen MR) is 225 cm³/mol. The Morgan fingerprint density at radius 3 is 2.07 bits per heavy atom. The fourth-order valence-corrected chi connectivity index (χ4v) is 6.63. The van der Waals surface area contributed by atoms with Crippen molar-refractivity contribution in [2.24, 2.45) is 21.1 Å². The SMILES string of the molecule is CC1=NN(c2ccc(S(=O)O)cc2)C(=O)C1N.CONc1ccc(N=Nc2c(SO)cc3cc(SO)c(N)c(O)c3c2O)cc1C(=O)O.Nc1ccc(N)c(S(=O)O)c1. The molecule has 3 unspecified atom stereocenters. The van der Waals surface area contributed by atoms with E-state index in [9.17, 15) is 42.4 Å². The highest BCUT2D eigenvalue weighted by atomic mass is 32.2. The molecule has 1 aliphatic heterocycles. The number of benzene rings is 5. The van der Waals surface area contributed by atoms with Gasteiger partial charge < -0.3 is 56.5 Å². The van der Waals surface area contributed by atoms with E-state index in [-0.39, 0.29) is 76.9 Å². The number of anilines is 5. The van der Waals surface area contributed by atoms with Crippen LogP contribution in [0.2, 0.25) is 0 Å². The minimum atomic E-state index is -2.06. The van der Waals surface area contributed by atoms with E-state index in [1.165, 1.54) is 66.7 Å². The first-order chi connectivity index (χ1) is 27.9. The molecule has 0 aliphatic carbocycles. The van der Waals surface area contributed by atoms with E-state index in [1.807, 2.05) is 0 Å². The van der Waals surface area contributed by atoms with Gasteiger partial charge in [-0.05, 0) is 85.1 Å². The summed E-state index contributed by atoms with van der Waals surface area (Å²) in [6.45, 7) is 1.68. The molecule has 0 aromatic heterocycles. The molecule has 0 bridgehead atoms. The molecule has 0 saturated carbocycles. The summed E-state index contributed by atoms with van der Waals surface area (Å²) < 4.78 is 57.8. The number of carboxylic acids is 1. The first-order valence-corrected chi connectivity index (χ1v) is 19.8. The number of carbonyl (C=O) groups excluding carboxylic acids is 1. The Balaban J connectivity index is 0.000000228. The van der Waals surface area contributed by atoms with E-state index >= 15 is 0 Å². The van der Waals surface area contributed by atoms with E-state index in [2.05, 4.69) is 20.8 Å². The maximum atomic E-state index is 11.7. The van der Waals surface area contributed by atoms with Crippen LogP contribution in [-0.4, -0.2) is 72.7 Å². The number of nitrogens with zero attached hydrogens (tertiary/aromatic N) is 4. The van der Waals surface area contributed by atoms with Gasteiger partial charge in [-0.25, -0.2) is 13.2 Å². The van der Waals surface area contributed by atoms with Crippen LogP contribution in [-0.2, 0) is 31.8 Å². The van der Waals surface area contributed by atoms with Crippen LogP contribution in [0, 0.1) is 0 Å². The molecule has 0 saturated heterocycles. The number of nitrogen functional groups attached to an aromatic ring is 3. The zero-order chi connectivity index (χ0) is 43.7. The molecule has 6 rings (SSSR count). The Hall–Kier alpha value is -5.87. The summed E-state index contributed by atoms with van der Waals surface area (Å²) in [5.41, 5.74) is 26.3. The molecular formula is C34H35N9O12S4. The standard InChI is InChI=1S/C18H16N4O7S2.C10H11N3O3S.C6H8N2O2S/c1-29-22-10-3-2-8(6-9(10)18(25)26)20-21-15-12(31-28)5-7-4-11(30-27)14(19)16(23)13(7)17(15)24;1-6-9(11)10(14)13(12-6)7-2-4-8(5-3-7)17(15)16;7-4-1-2-5(8)6(3-4)11(9)10/h2-6,22-24,27-28H,19H2,1H3,(H,25,26);2-5,9H,11H2,1H3,(H,15,16);1-3H,7-8H2,(H,9,10). The molecule has 1 heterocycles. The summed E-state index contributed by atoms with van der Waals surface area (Å²) in [5.74, 6) is -2.51. The average Bonchev–Trinajstić information content (AvgIpc) is 3.47. The highest BCUT2D eigenvalue weighted by molar-refractivity contribution is 7.94. The second-order valence-electron chi connectivity index (χ2n) is 11.7. The third-order valence-electron chi connectivity index (χ3n) is 7.91.